The lowest BCUT2D eigenvalue weighted by molar-refractivity contribution is 0.0976. The van der Waals surface area contributed by atoms with Gasteiger partial charge in [-0.1, -0.05) is 6.07 Å². The first kappa shape index (κ1) is 12.9. The fraction of sp³-hybridized carbons (Fsp3) is 0.200. The van der Waals surface area contributed by atoms with Crippen molar-refractivity contribution in [3.63, 3.8) is 0 Å². The van der Waals surface area contributed by atoms with Gasteiger partial charge in [0.2, 0.25) is 0 Å². The molecule has 0 spiro atoms. The Hall–Kier alpha value is -2.14. The molecule has 2 heterocycles. The highest BCUT2D eigenvalue weighted by atomic mass is 32.1. The number of nitrogens with zero attached hydrogens (tertiary/aromatic N) is 1. The van der Waals surface area contributed by atoms with Crippen LogP contribution < -0.4 is 9.64 Å². The van der Waals surface area contributed by atoms with Gasteiger partial charge in [-0.05, 0) is 36.6 Å². The van der Waals surface area contributed by atoms with E-state index in [0.29, 0.717) is 35.0 Å². The van der Waals surface area contributed by atoms with Crippen LogP contribution in [-0.2, 0) is 0 Å². The van der Waals surface area contributed by atoms with E-state index in [1.807, 2.05) is 11.4 Å². The lowest BCUT2D eigenvalue weighted by Crippen LogP contribution is -2.37. The highest BCUT2D eigenvalue weighted by molar-refractivity contribution is 7.12. The van der Waals surface area contributed by atoms with E-state index in [-0.39, 0.29) is 11.7 Å². The van der Waals surface area contributed by atoms with Gasteiger partial charge >= 0.3 is 0 Å². The van der Waals surface area contributed by atoms with Gasteiger partial charge in [-0.2, -0.15) is 0 Å². The SMILES string of the molecule is CC(=O)c1ccc2c(c1)N(C(=O)c1cccs1)CCO2. The number of thiophene rings is 1. The molecule has 1 aliphatic rings. The smallest absolute Gasteiger partial charge is 0.268 e. The Bertz CT molecular complexity index is 664. The average Bonchev–Trinajstić information content (AvgIpc) is 2.99. The summed E-state index contributed by atoms with van der Waals surface area (Å²) in [6.45, 7) is 2.46. The molecule has 5 heteroatoms. The molecule has 1 amide bonds. The number of anilines is 1. The third-order valence-corrected chi connectivity index (χ3v) is 4.06. The molecular weight excluding hydrogens is 274 g/mol. The van der Waals surface area contributed by atoms with Gasteiger partial charge in [-0.15, -0.1) is 11.3 Å². The van der Waals surface area contributed by atoms with Crippen molar-refractivity contribution in [1.82, 2.24) is 0 Å². The number of hydrogen-bond acceptors (Lipinski definition) is 4. The van der Waals surface area contributed by atoms with E-state index in [1.165, 1.54) is 18.3 Å². The van der Waals surface area contributed by atoms with E-state index in [4.69, 9.17) is 4.74 Å². The zero-order valence-electron chi connectivity index (χ0n) is 11.0. The van der Waals surface area contributed by atoms with E-state index in [0.717, 1.165) is 0 Å². The summed E-state index contributed by atoms with van der Waals surface area (Å²) >= 11 is 1.41. The number of ether oxygens (including phenoxy) is 1. The molecule has 0 aliphatic carbocycles. The van der Waals surface area contributed by atoms with E-state index >= 15 is 0 Å². The molecule has 2 aromatic rings. The molecule has 0 N–H and O–H groups in total. The number of fused-ring (bicyclic) bond motifs is 1. The number of Topliss-reactive ketones (excluding diaryl/α,β-unsaturated/α-hetero) is 1. The predicted octanol–water partition coefficient (Wildman–Crippen LogP) is 2.99. The van der Waals surface area contributed by atoms with Crippen LogP contribution in [0.25, 0.3) is 0 Å². The third kappa shape index (κ3) is 2.20. The summed E-state index contributed by atoms with van der Waals surface area (Å²) in [7, 11) is 0. The van der Waals surface area contributed by atoms with Crippen molar-refractivity contribution in [2.75, 3.05) is 18.1 Å². The average molecular weight is 287 g/mol. The van der Waals surface area contributed by atoms with E-state index in [1.54, 1.807) is 29.2 Å². The van der Waals surface area contributed by atoms with Gasteiger partial charge in [0.25, 0.3) is 5.91 Å². The van der Waals surface area contributed by atoms with Gasteiger partial charge in [-0.3, -0.25) is 9.59 Å². The Morgan fingerprint density at radius 3 is 2.85 bits per heavy atom. The summed E-state index contributed by atoms with van der Waals surface area (Å²) in [4.78, 5) is 26.4. The van der Waals surface area contributed by atoms with Gasteiger partial charge in [0, 0.05) is 5.56 Å². The second kappa shape index (κ2) is 5.09. The number of amides is 1. The number of hydrogen-bond donors (Lipinski definition) is 0. The fourth-order valence-electron chi connectivity index (χ4n) is 2.18. The molecular formula is C15H13NO3S. The monoisotopic (exact) mass is 287 g/mol. The first-order chi connectivity index (χ1) is 9.66. The summed E-state index contributed by atoms with van der Waals surface area (Å²) in [6.07, 6.45) is 0. The van der Waals surface area contributed by atoms with Crippen LogP contribution >= 0.6 is 11.3 Å². The standard InChI is InChI=1S/C15H13NO3S/c1-10(17)11-4-5-13-12(9-11)16(6-7-19-13)15(18)14-3-2-8-20-14/h2-5,8-9H,6-7H2,1H3. The van der Waals surface area contributed by atoms with E-state index in [9.17, 15) is 9.59 Å². The molecule has 0 saturated heterocycles. The molecule has 0 unspecified atom stereocenters. The maximum absolute atomic E-state index is 12.5. The van der Waals surface area contributed by atoms with Crippen molar-refractivity contribution in [2.24, 2.45) is 0 Å². The Labute approximate surface area is 120 Å². The summed E-state index contributed by atoms with van der Waals surface area (Å²) in [5.74, 6) is 0.568. The second-order valence-electron chi connectivity index (χ2n) is 4.52. The number of carbonyl (C=O) groups excluding carboxylic acids is 2. The Morgan fingerprint density at radius 1 is 1.30 bits per heavy atom. The van der Waals surface area contributed by atoms with Crippen LogP contribution in [0.2, 0.25) is 0 Å². The Balaban J connectivity index is 2.02. The lowest BCUT2D eigenvalue weighted by Gasteiger charge is -2.29. The van der Waals surface area contributed by atoms with Crippen LogP contribution in [0.3, 0.4) is 0 Å². The summed E-state index contributed by atoms with van der Waals surface area (Å²) in [6, 6.07) is 8.85. The van der Waals surface area contributed by atoms with Crippen LogP contribution in [0.5, 0.6) is 5.75 Å². The zero-order valence-corrected chi connectivity index (χ0v) is 11.8. The molecule has 0 saturated carbocycles. The molecule has 3 rings (SSSR count). The number of ketones is 1. The lowest BCUT2D eigenvalue weighted by atomic mass is 10.1. The summed E-state index contributed by atoms with van der Waals surface area (Å²) < 4.78 is 5.55. The van der Waals surface area contributed by atoms with Crippen molar-refractivity contribution in [3.05, 3.63) is 46.2 Å². The minimum atomic E-state index is -0.0507. The minimum Gasteiger partial charge on any atom is -0.490 e. The van der Waals surface area contributed by atoms with Crippen LogP contribution in [0.15, 0.2) is 35.7 Å². The first-order valence-electron chi connectivity index (χ1n) is 6.30. The fourth-order valence-corrected chi connectivity index (χ4v) is 2.85. The highest BCUT2D eigenvalue weighted by Crippen LogP contribution is 2.34. The maximum atomic E-state index is 12.5. The minimum absolute atomic E-state index is 0.0260. The van der Waals surface area contributed by atoms with Crippen LogP contribution in [-0.4, -0.2) is 24.8 Å². The van der Waals surface area contributed by atoms with Gasteiger partial charge in [-0.25, -0.2) is 0 Å². The number of benzene rings is 1. The quantitative estimate of drug-likeness (QED) is 0.798. The van der Waals surface area contributed by atoms with Gasteiger partial charge in [0.1, 0.15) is 12.4 Å². The van der Waals surface area contributed by atoms with Gasteiger partial charge in [0.15, 0.2) is 5.78 Å². The maximum Gasteiger partial charge on any atom is 0.268 e. The molecule has 0 bridgehead atoms. The molecule has 1 aromatic heterocycles. The topological polar surface area (TPSA) is 46.6 Å². The summed E-state index contributed by atoms with van der Waals surface area (Å²) in [5, 5.41) is 1.88. The van der Waals surface area contributed by atoms with Crippen LogP contribution in [0.1, 0.15) is 27.0 Å². The molecule has 20 heavy (non-hydrogen) atoms. The van der Waals surface area contributed by atoms with Crippen LogP contribution in [0.4, 0.5) is 5.69 Å². The molecule has 1 aliphatic heterocycles. The molecule has 0 fully saturated rings. The molecule has 102 valence electrons. The highest BCUT2D eigenvalue weighted by Gasteiger charge is 2.25. The van der Waals surface area contributed by atoms with Gasteiger partial charge in [0.05, 0.1) is 17.1 Å². The zero-order chi connectivity index (χ0) is 14.1. The molecule has 0 radical (unpaired) electrons. The predicted molar refractivity (Wildman–Crippen MR) is 77.9 cm³/mol. The second-order valence-corrected chi connectivity index (χ2v) is 5.47. The number of carbonyl (C=O) groups is 2. The van der Waals surface area contributed by atoms with Crippen LogP contribution in [0, 0.1) is 0 Å². The van der Waals surface area contributed by atoms with Crippen molar-refractivity contribution >= 4 is 28.7 Å². The first-order valence-corrected chi connectivity index (χ1v) is 7.18. The normalized spacial score (nSPS) is 13.6. The molecule has 4 nitrogen and oxygen atoms in total. The van der Waals surface area contributed by atoms with Crippen molar-refractivity contribution in [1.29, 1.82) is 0 Å². The van der Waals surface area contributed by atoms with Crippen molar-refractivity contribution < 1.29 is 14.3 Å². The Morgan fingerprint density at radius 2 is 2.15 bits per heavy atom. The Kier molecular flexibility index (Phi) is 3.28. The molecule has 1 aromatic carbocycles. The van der Waals surface area contributed by atoms with Crippen molar-refractivity contribution in [3.8, 4) is 5.75 Å². The van der Waals surface area contributed by atoms with Crippen molar-refractivity contribution in [2.45, 2.75) is 6.92 Å². The third-order valence-electron chi connectivity index (χ3n) is 3.21. The number of rotatable bonds is 2. The van der Waals surface area contributed by atoms with E-state index < -0.39 is 0 Å². The largest absolute Gasteiger partial charge is 0.490 e. The summed E-state index contributed by atoms with van der Waals surface area (Å²) in [5.41, 5.74) is 1.25. The van der Waals surface area contributed by atoms with E-state index in [2.05, 4.69) is 0 Å². The molecule has 0 atom stereocenters. The van der Waals surface area contributed by atoms with Gasteiger partial charge < -0.3 is 9.64 Å².